The van der Waals surface area contributed by atoms with Crippen LogP contribution in [0.3, 0.4) is 0 Å². The molecule has 154 valence electrons. The first kappa shape index (κ1) is 21.1. The molecule has 0 saturated carbocycles. The average Bonchev–Trinajstić information content (AvgIpc) is 3.02. The molecular formula is C21H24FN3O3S. The maximum Gasteiger partial charge on any atom is 0.243 e. The Balaban J connectivity index is 1.88. The fourth-order valence-electron chi connectivity index (χ4n) is 3.42. The topological polar surface area (TPSA) is 82.4 Å². The average molecular weight is 418 g/mol. The van der Waals surface area contributed by atoms with Crippen molar-refractivity contribution in [2.45, 2.75) is 37.1 Å². The standard InChI is InChI=1S/C21H24FN3O3S/c1-28-21-9-8-19(29(26,27)25-10-4-2-3-5-11-25)13-20(21)24-15-17-12-18(22)7-6-16(17)14-23/h6-9,12-13,24H,2-5,10-11,15H2,1H3. The van der Waals surface area contributed by atoms with E-state index in [1.807, 2.05) is 6.07 Å². The van der Waals surface area contributed by atoms with Crippen molar-refractivity contribution in [2.75, 3.05) is 25.5 Å². The van der Waals surface area contributed by atoms with Crippen molar-refractivity contribution >= 4 is 15.7 Å². The van der Waals surface area contributed by atoms with Gasteiger partial charge in [0.2, 0.25) is 10.0 Å². The molecule has 0 radical (unpaired) electrons. The summed E-state index contributed by atoms with van der Waals surface area (Å²) in [5.74, 6) is 0.0278. The van der Waals surface area contributed by atoms with Crippen LogP contribution in [0.5, 0.6) is 5.75 Å². The third-order valence-corrected chi connectivity index (χ3v) is 6.93. The van der Waals surface area contributed by atoms with Crippen molar-refractivity contribution in [3.63, 3.8) is 0 Å². The lowest BCUT2D eigenvalue weighted by Gasteiger charge is -2.21. The zero-order chi connectivity index (χ0) is 20.9. The van der Waals surface area contributed by atoms with E-state index in [0.29, 0.717) is 35.7 Å². The number of methoxy groups -OCH3 is 1. The molecule has 3 rings (SSSR count). The molecule has 2 aromatic rings. The van der Waals surface area contributed by atoms with Gasteiger partial charge in [0, 0.05) is 19.6 Å². The normalized spacial score (nSPS) is 15.3. The Morgan fingerprint density at radius 1 is 1.14 bits per heavy atom. The Kier molecular flexibility index (Phi) is 6.72. The van der Waals surface area contributed by atoms with Crippen LogP contribution in [0.25, 0.3) is 0 Å². The van der Waals surface area contributed by atoms with Gasteiger partial charge in [0.25, 0.3) is 0 Å². The SMILES string of the molecule is COc1ccc(S(=O)(=O)N2CCCCCC2)cc1NCc1cc(F)ccc1C#N. The quantitative estimate of drug-likeness (QED) is 0.771. The molecule has 0 atom stereocenters. The number of anilines is 1. The summed E-state index contributed by atoms with van der Waals surface area (Å²) in [7, 11) is -2.12. The molecule has 2 aromatic carbocycles. The second kappa shape index (κ2) is 9.25. The van der Waals surface area contributed by atoms with E-state index in [9.17, 15) is 18.1 Å². The summed E-state index contributed by atoms with van der Waals surface area (Å²) in [5.41, 5.74) is 1.30. The molecule has 0 bridgehead atoms. The number of sulfonamides is 1. The second-order valence-corrected chi connectivity index (χ2v) is 8.89. The first-order chi connectivity index (χ1) is 14.0. The highest BCUT2D eigenvalue weighted by Crippen LogP contribution is 2.30. The van der Waals surface area contributed by atoms with Crippen LogP contribution in [0, 0.1) is 17.1 Å². The minimum absolute atomic E-state index is 0.157. The molecule has 0 unspecified atom stereocenters. The Morgan fingerprint density at radius 3 is 2.52 bits per heavy atom. The van der Waals surface area contributed by atoms with Crippen LogP contribution >= 0.6 is 0 Å². The van der Waals surface area contributed by atoms with Gasteiger partial charge in [0.05, 0.1) is 29.3 Å². The number of hydrogen-bond donors (Lipinski definition) is 1. The van der Waals surface area contributed by atoms with E-state index >= 15 is 0 Å². The van der Waals surface area contributed by atoms with Gasteiger partial charge in [0.1, 0.15) is 11.6 Å². The minimum atomic E-state index is -3.61. The summed E-state index contributed by atoms with van der Waals surface area (Å²) in [6.45, 7) is 1.20. The monoisotopic (exact) mass is 417 g/mol. The zero-order valence-corrected chi connectivity index (χ0v) is 17.1. The van der Waals surface area contributed by atoms with Crippen molar-refractivity contribution in [1.82, 2.24) is 4.31 Å². The highest BCUT2D eigenvalue weighted by Gasteiger charge is 2.26. The molecule has 1 fully saturated rings. The Bertz CT molecular complexity index is 1010. The van der Waals surface area contributed by atoms with Crippen molar-refractivity contribution in [1.29, 1.82) is 5.26 Å². The molecule has 0 aliphatic carbocycles. The van der Waals surface area contributed by atoms with Crippen LogP contribution in [0.1, 0.15) is 36.8 Å². The van der Waals surface area contributed by atoms with Crippen LogP contribution in [-0.2, 0) is 16.6 Å². The third-order valence-electron chi connectivity index (χ3n) is 5.03. The van der Waals surface area contributed by atoms with E-state index in [0.717, 1.165) is 25.7 Å². The number of benzene rings is 2. The Labute approximate surface area is 171 Å². The first-order valence-corrected chi connectivity index (χ1v) is 11.0. The van der Waals surface area contributed by atoms with E-state index in [2.05, 4.69) is 5.32 Å². The number of halogens is 1. The lowest BCUT2D eigenvalue weighted by atomic mass is 10.1. The number of nitriles is 1. The zero-order valence-electron chi connectivity index (χ0n) is 16.3. The molecule has 0 amide bonds. The number of hydrogen-bond acceptors (Lipinski definition) is 5. The van der Waals surface area contributed by atoms with Crippen LogP contribution in [0.15, 0.2) is 41.3 Å². The molecule has 29 heavy (non-hydrogen) atoms. The molecule has 1 heterocycles. The third kappa shape index (κ3) is 4.86. The highest BCUT2D eigenvalue weighted by atomic mass is 32.2. The summed E-state index contributed by atoms with van der Waals surface area (Å²) < 4.78 is 46.6. The van der Waals surface area contributed by atoms with Crippen molar-refractivity contribution in [2.24, 2.45) is 0 Å². The highest BCUT2D eigenvalue weighted by molar-refractivity contribution is 7.89. The van der Waals surface area contributed by atoms with Gasteiger partial charge in [-0.3, -0.25) is 0 Å². The van der Waals surface area contributed by atoms with Gasteiger partial charge >= 0.3 is 0 Å². The predicted octanol–water partition coefficient (Wildman–Crippen LogP) is 3.88. The van der Waals surface area contributed by atoms with Crippen LogP contribution in [0.4, 0.5) is 10.1 Å². The molecule has 1 aliphatic heterocycles. The van der Waals surface area contributed by atoms with Crippen LogP contribution in [-0.4, -0.2) is 32.9 Å². The van der Waals surface area contributed by atoms with E-state index < -0.39 is 15.8 Å². The van der Waals surface area contributed by atoms with Gasteiger partial charge in [-0.05, 0) is 54.8 Å². The fraction of sp³-hybridized carbons (Fsp3) is 0.381. The summed E-state index contributed by atoms with van der Waals surface area (Å²) in [4.78, 5) is 0.183. The first-order valence-electron chi connectivity index (χ1n) is 9.56. The molecule has 0 aromatic heterocycles. The summed E-state index contributed by atoms with van der Waals surface area (Å²) in [5, 5.41) is 12.3. The number of nitrogens with zero attached hydrogens (tertiary/aromatic N) is 2. The van der Waals surface area contributed by atoms with Crippen molar-refractivity contribution in [3.05, 3.63) is 53.3 Å². The summed E-state index contributed by atoms with van der Waals surface area (Å²) >= 11 is 0. The molecule has 0 spiro atoms. The van der Waals surface area contributed by atoms with Gasteiger partial charge in [0.15, 0.2) is 0 Å². The van der Waals surface area contributed by atoms with Crippen LogP contribution < -0.4 is 10.1 Å². The maximum absolute atomic E-state index is 13.6. The number of nitrogens with one attached hydrogen (secondary N) is 1. The van der Waals surface area contributed by atoms with E-state index in [1.54, 1.807) is 6.07 Å². The number of rotatable bonds is 6. The van der Waals surface area contributed by atoms with Gasteiger partial charge in [-0.15, -0.1) is 0 Å². The van der Waals surface area contributed by atoms with Crippen LogP contribution in [0.2, 0.25) is 0 Å². The van der Waals surface area contributed by atoms with E-state index in [-0.39, 0.29) is 11.4 Å². The molecular weight excluding hydrogens is 393 g/mol. The summed E-state index contributed by atoms with van der Waals surface area (Å²) in [6.07, 6.45) is 3.79. The maximum atomic E-state index is 13.6. The predicted molar refractivity (Wildman–Crippen MR) is 109 cm³/mol. The smallest absolute Gasteiger partial charge is 0.243 e. The second-order valence-electron chi connectivity index (χ2n) is 6.95. The lowest BCUT2D eigenvalue weighted by molar-refractivity contribution is 0.414. The lowest BCUT2D eigenvalue weighted by Crippen LogP contribution is -2.32. The summed E-state index contributed by atoms with van der Waals surface area (Å²) in [6, 6.07) is 10.6. The van der Waals surface area contributed by atoms with Crippen molar-refractivity contribution in [3.8, 4) is 11.8 Å². The van der Waals surface area contributed by atoms with E-state index in [1.165, 1.54) is 41.7 Å². The Hall–Kier alpha value is -2.63. The largest absolute Gasteiger partial charge is 0.495 e. The van der Waals surface area contributed by atoms with Gasteiger partial charge < -0.3 is 10.1 Å². The van der Waals surface area contributed by atoms with Gasteiger partial charge in [-0.1, -0.05) is 12.8 Å². The fourth-order valence-corrected chi connectivity index (χ4v) is 4.97. The number of ether oxygens (including phenoxy) is 1. The molecule has 8 heteroatoms. The van der Waals surface area contributed by atoms with Crippen molar-refractivity contribution < 1.29 is 17.5 Å². The van der Waals surface area contributed by atoms with Gasteiger partial charge in [-0.2, -0.15) is 9.57 Å². The Morgan fingerprint density at radius 2 is 1.86 bits per heavy atom. The molecule has 1 N–H and O–H groups in total. The van der Waals surface area contributed by atoms with E-state index in [4.69, 9.17) is 4.74 Å². The molecule has 1 aliphatic rings. The van der Waals surface area contributed by atoms with Gasteiger partial charge in [-0.25, -0.2) is 12.8 Å². The minimum Gasteiger partial charge on any atom is -0.495 e. The molecule has 1 saturated heterocycles. The molecule has 6 nitrogen and oxygen atoms in total.